The number of aryl methyl sites for hydroxylation is 1. The second-order valence-corrected chi connectivity index (χ2v) is 5.80. The first-order valence-electron chi connectivity index (χ1n) is 8.20. The van der Waals surface area contributed by atoms with E-state index in [2.05, 4.69) is 60.3 Å². The van der Waals surface area contributed by atoms with E-state index in [0.717, 1.165) is 19.0 Å². The smallest absolute Gasteiger partial charge is 0.347 e. The van der Waals surface area contributed by atoms with Gasteiger partial charge >= 0.3 is 5.69 Å². The molecule has 0 aliphatic heterocycles. The van der Waals surface area contributed by atoms with Crippen molar-refractivity contribution < 1.29 is 9.13 Å². The van der Waals surface area contributed by atoms with E-state index in [0.29, 0.717) is 6.54 Å². The van der Waals surface area contributed by atoms with Crippen molar-refractivity contribution in [1.29, 1.82) is 0 Å². The van der Waals surface area contributed by atoms with Crippen LogP contribution in [-0.2, 0) is 5.54 Å². The molecule has 0 saturated carbocycles. The standard InChI is InChI=1S/C18H24FN3O2/c1-4-18(5-2,14-8-6-13(3)7-9-14)21-10-11-24-16-15(19)12-20-17(23)22-16/h6-9,12,21H,4-5,10-11H2,1-3H3,(H,20,22,23). The highest BCUT2D eigenvalue weighted by Crippen LogP contribution is 2.28. The first-order chi connectivity index (χ1) is 11.5. The lowest BCUT2D eigenvalue weighted by Crippen LogP contribution is -2.43. The molecule has 1 aromatic carbocycles. The fraction of sp³-hybridized carbons (Fsp3) is 0.444. The summed E-state index contributed by atoms with van der Waals surface area (Å²) in [6, 6.07) is 8.47. The number of nitrogens with zero attached hydrogens (tertiary/aromatic N) is 1. The van der Waals surface area contributed by atoms with Gasteiger partial charge in [-0.25, -0.2) is 4.79 Å². The zero-order valence-corrected chi connectivity index (χ0v) is 14.4. The van der Waals surface area contributed by atoms with Crippen LogP contribution in [0.15, 0.2) is 35.3 Å². The average molecular weight is 333 g/mol. The Hall–Kier alpha value is -2.21. The molecule has 0 radical (unpaired) electrons. The molecule has 0 amide bonds. The molecule has 0 aliphatic carbocycles. The van der Waals surface area contributed by atoms with Gasteiger partial charge in [-0.1, -0.05) is 43.7 Å². The molecule has 0 aliphatic rings. The van der Waals surface area contributed by atoms with Gasteiger partial charge in [-0.15, -0.1) is 0 Å². The minimum absolute atomic E-state index is 0.152. The van der Waals surface area contributed by atoms with Crippen LogP contribution in [0.2, 0.25) is 0 Å². The van der Waals surface area contributed by atoms with Crippen molar-refractivity contribution in [3.8, 4) is 5.88 Å². The number of ether oxygens (including phenoxy) is 1. The maximum Gasteiger partial charge on any atom is 0.347 e. The molecule has 0 atom stereocenters. The third-order valence-corrected chi connectivity index (χ3v) is 4.36. The molecule has 0 saturated heterocycles. The number of halogens is 1. The lowest BCUT2D eigenvalue weighted by atomic mass is 9.84. The van der Waals surface area contributed by atoms with Crippen LogP contribution >= 0.6 is 0 Å². The molecule has 2 aromatic rings. The van der Waals surface area contributed by atoms with E-state index in [9.17, 15) is 9.18 Å². The number of hydrogen-bond donors (Lipinski definition) is 2. The van der Waals surface area contributed by atoms with Gasteiger partial charge in [0.2, 0.25) is 11.7 Å². The number of aromatic amines is 1. The molecule has 5 nitrogen and oxygen atoms in total. The molecule has 1 aromatic heterocycles. The van der Waals surface area contributed by atoms with Crippen LogP contribution in [0, 0.1) is 12.7 Å². The van der Waals surface area contributed by atoms with E-state index >= 15 is 0 Å². The number of aromatic nitrogens is 2. The Morgan fingerprint density at radius 3 is 2.54 bits per heavy atom. The quantitative estimate of drug-likeness (QED) is 0.729. The summed E-state index contributed by atoms with van der Waals surface area (Å²) in [5.41, 5.74) is 1.67. The SMILES string of the molecule is CCC(CC)(NCCOc1[nH]c(=O)ncc1F)c1ccc(C)cc1. The Balaban J connectivity index is 2.00. The Kier molecular flexibility index (Phi) is 6.09. The highest BCUT2D eigenvalue weighted by atomic mass is 19.1. The maximum absolute atomic E-state index is 13.5. The minimum Gasteiger partial charge on any atom is -0.475 e. The van der Waals surface area contributed by atoms with Crippen molar-refractivity contribution >= 4 is 0 Å². The topological polar surface area (TPSA) is 67.0 Å². The monoisotopic (exact) mass is 333 g/mol. The van der Waals surface area contributed by atoms with E-state index in [1.165, 1.54) is 11.1 Å². The average Bonchev–Trinajstić information content (AvgIpc) is 2.59. The third kappa shape index (κ3) is 4.20. The molecule has 0 spiro atoms. The predicted molar refractivity (Wildman–Crippen MR) is 91.8 cm³/mol. The molecule has 130 valence electrons. The van der Waals surface area contributed by atoms with Crippen LogP contribution in [0.1, 0.15) is 37.8 Å². The van der Waals surface area contributed by atoms with E-state index in [4.69, 9.17) is 4.74 Å². The van der Waals surface area contributed by atoms with Crippen LogP contribution in [0.25, 0.3) is 0 Å². The molecule has 1 heterocycles. The predicted octanol–water partition coefficient (Wildman–Crippen LogP) is 2.90. The van der Waals surface area contributed by atoms with Gasteiger partial charge in [0.15, 0.2) is 0 Å². The van der Waals surface area contributed by atoms with Gasteiger partial charge in [-0.3, -0.25) is 4.98 Å². The largest absolute Gasteiger partial charge is 0.475 e. The molecule has 0 bridgehead atoms. The molecule has 0 fully saturated rings. The van der Waals surface area contributed by atoms with E-state index in [-0.39, 0.29) is 18.0 Å². The lowest BCUT2D eigenvalue weighted by molar-refractivity contribution is 0.241. The van der Waals surface area contributed by atoms with Crippen molar-refractivity contribution in [3.05, 3.63) is 57.9 Å². The van der Waals surface area contributed by atoms with E-state index in [1.807, 2.05) is 0 Å². The molecule has 24 heavy (non-hydrogen) atoms. The summed E-state index contributed by atoms with van der Waals surface area (Å²) in [5, 5.41) is 3.52. The first-order valence-corrected chi connectivity index (χ1v) is 8.20. The summed E-state index contributed by atoms with van der Waals surface area (Å²) in [7, 11) is 0. The molecular weight excluding hydrogens is 309 g/mol. The van der Waals surface area contributed by atoms with E-state index < -0.39 is 11.5 Å². The normalized spacial score (nSPS) is 11.5. The van der Waals surface area contributed by atoms with Gasteiger partial charge in [0, 0.05) is 12.1 Å². The van der Waals surface area contributed by atoms with Crippen LogP contribution in [-0.4, -0.2) is 23.1 Å². The van der Waals surface area contributed by atoms with E-state index in [1.54, 1.807) is 0 Å². The Morgan fingerprint density at radius 1 is 1.25 bits per heavy atom. The fourth-order valence-electron chi connectivity index (χ4n) is 2.79. The summed E-state index contributed by atoms with van der Waals surface area (Å²) in [5.74, 6) is -0.851. The van der Waals surface area contributed by atoms with Gasteiger partial charge < -0.3 is 10.1 Å². The second-order valence-electron chi connectivity index (χ2n) is 5.80. The number of H-pyrrole nitrogens is 1. The molecule has 2 N–H and O–H groups in total. The van der Waals surface area contributed by atoms with Crippen LogP contribution in [0.3, 0.4) is 0 Å². The van der Waals surface area contributed by atoms with Crippen molar-refractivity contribution in [1.82, 2.24) is 15.3 Å². The number of hydrogen-bond acceptors (Lipinski definition) is 4. The molecule has 6 heteroatoms. The number of benzene rings is 1. The zero-order chi connectivity index (χ0) is 17.6. The second kappa shape index (κ2) is 8.06. The summed E-state index contributed by atoms with van der Waals surface area (Å²) in [6.45, 7) is 7.10. The molecule has 0 unspecified atom stereocenters. The van der Waals surface area contributed by atoms with Crippen LogP contribution in [0.4, 0.5) is 4.39 Å². The summed E-state index contributed by atoms with van der Waals surface area (Å²) < 4.78 is 18.8. The number of rotatable bonds is 8. The molecule has 2 rings (SSSR count). The minimum atomic E-state index is -0.676. The Bertz CT molecular complexity index is 709. The van der Waals surface area contributed by atoms with Gasteiger partial charge in [0.25, 0.3) is 0 Å². The van der Waals surface area contributed by atoms with Gasteiger partial charge in [0.05, 0.1) is 6.20 Å². The highest BCUT2D eigenvalue weighted by Gasteiger charge is 2.27. The lowest BCUT2D eigenvalue weighted by Gasteiger charge is -2.34. The summed E-state index contributed by atoms with van der Waals surface area (Å²) >= 11 is 0. The van der Waals surface area contributed by atoms with Crippen molar-refractivity contribution in [2.45, 2.75) is 39.2 Å². The van der Waals surface area contributed by atoms with Crippen molar-refractivity contribution in [3.63, 3.8) is 0 Å². The molecular formula is C18H24FN3O2. The zero-order valence-electron chi connectivity index (χ0n) is 14.4. The van der Waals surface area contributed by atoms with Crippen LogP contribution in [0.5, 0.6) is 5.88 Å². The first kappa shape index (κ1) is 18.1. The maximum atomic E-state index is 13.5. The highest BCUT2D eigenvalue weighted by molar-refractivity contribution is 5.28. The van der Waals surface area contributed by atoms with Crippen molar-refractivity contribution in [2.75, 3.05) is 13.2 Å². The van der Waals surface area contributed by atoms with Crippen molar-refractivity contribution in [2.24, 2.45) is 0 Å². The Labute approximate surface area is 141 Å². The Morgan fingerprint density at radius 2 is 1.92 bits per heavy atom. The van der Waals surface area contributed by atoms with Gasteiger partial charge in [-0.2, -0.15) is 9.37 Å². The van der Waals surface area contributed by atoms with Crippen LogP contribution < -0.4 is 15.7 Å². The van der Waals surface area contributed by atoms with Gasteiger partial charge in [0.1, 0.15) is 6.61 Å². The van der Waals surface area contributed by atoms with Gasteiger partial charge in [-0.05, 0) is 25.3 Å². The summed E-state index contributed by atoms with van der Waals surface area (Å²) in [4.78, 5) is 16.7. The number of nitrogens with one attached hydrogen (secondary N) is 2. The summed E-state index contributed by atoms with van der Waals surface area (Å²) in [6.07, 6.45) is 2.70. The fourth-order valence-corrected chi connectivity index (χ4v) is 2.79. The third-order valence-electron chi connectivity index (χ3n) is 4.36.